The van der Waals surface area contributed by atoms with E-state index >= 15 is 0 Å². The molecule has 172 valence electrons. The van der Waals surface area contributed by atoms with Crippen molar-refractivity contribution >= 4 is 35.2 Å². The van der Waals surface area contributed by atoms with Crippen LogP contribution < -0.4 is 20.7 Å². The van der Waals surface area contributed by atoms with Gasteiger partial charge < -0.3 is 25.8 Å². The summed E-state index contributed by atoms with van der Waals surface area (Å²) < 4.78 is 5.51. The van der Waals surface area contributed by atoms with Crippen LogP contribution in [0.15, 0.2) is 48.7 Å². The molecule has 1 aromatic heterocycles. The lowest BCUT2D eigenvalue weighted by molar-refractivity contribution is -0.137. The Hall–Kier alpha value is -3.27. The van der Waals surface area contributed by atoms with E-state index in [2.05, 4.69) is 20.9 Å². The second-order valence-electron chi connectivity index (χ2n) is 6.81. The van der Waals surface area contributed by atoms with Crippen molar-refractivity contribution < 1.29 is 24.2 Å². The number of nitrogens with zero attached hydrogens (tertiary/aromatic N) is 1. The number of benzene rings is 1. The highest BCUT2D eigenvalue weighted by Gasteiger charge is 2.20. The van der Waals surface area contributed by atoms with Crippen molar-refractivity contribution in [2.75, 3.05) is 30.5 Å². The summed E-state index contributed by atoms with van der Waals surface area (Å²) in [5.41, 5.74) is 1.49. The minimum absolute atomic E-state index is 0.0481. The molecule has 0 radical (unpaired) electrons. The number of carbonyl (C=O) groups excluding carboxylic acids is 2. The number of carbonyl (C=O) groups is 3. The van der Waals surface area contributed by atoms with Gasteiger partial charge in [0, 0.05) is 37.0 Å². The van der Waals surface area contributed by atoms with Gasteiger partial charge in [0.05, 0.1) is 12.4 Å². The Bertz CT molecular complexity index is 864. The van der Waals surface area contributed by atoms with Crippen LogP contribution in [0, 0.1) is 0 Å². The number of rotatable bonds is 14. The van der Waals surface area contributed by atoms with Crippen molar-refractivity contribution in [2.24, 2.45) is 0 Å². The molecule has 2 rings (SSSR count). The highest BCUT2D eigenvalue weighted by molar-refractivity contribution is 7.99. The van der Waals surface area contributed by atoms with Crippen LogP contribution in [0.1, 0.15) is 18.5 Å². The molecule has 0 saturated heterocycles. The normalized spacial score (nSPS) is 11.3. The molecule has 0 aliphatic heterocycles. The highest BCUT2D eigenvalue weighted by Crippen LogP contribution is 2.16. The minimum atomic E-state index is -0.944. The van der Waals surface area contributed by atoms with Gasteiger partial charge in [-0.25, -0.2) is 0 Å². The van der Waals surface area contributed by atoms with Crippen LogP contribution in [-0.2, 0) is 20.8 Å². The summed E-state index contributed by atoms with van der Waals surface area (Å²) in [6, 6.07) is 12.5. The Labute approximate surface area is 191 Å². The van der Waals surface area contributed by atoms with E-state index in [9.17, 15) is 14.4 Å². The third kappa shape index (κ3) is 9.69. The number of hydrogen-bond donors (Lipinski definition) is 4. The zero-order valence-electron chi connectivity index (χ0n) is 17.9. The highest BCUT2D eigenvalue weighted by atomic mass is 32.2. The summed E-state index contributed by atoms with van der Waals surface area (Å²) in [5.74, 6) is -0.648. The van der Waals surface area contributed by atoms with E-state index in [1.165, 1.54) is 11.8 Å². The fraction of sp³-hybridized carbons (Fsp3) is 0.364. The molecule has 2 aromatic rings. The van der Waals surface area contributed by atoms with Crippen LogP contribution in [0.2, 0.25) is 0 Å². The first-order valence-corrected chi connectivity index (χ1v) is 11.5. The van der Waals surface area contributed by atoms with Gasteiger partial charge in [-0.05, 0) is 49.1 Å². The van der Waals surface area contributed by atoms with Crippen molar-refractivity contribution in [1.82, 2.24) is 15.6 Å². The Kier molecular flexibility index (Phi) is 10.9. The molecule has 1 unspecified atom stereocenters. The van der Waals surface area contributed by atoms with Gasteiger partial charge in [-0.2, -0.15) is 11.8 Å². The summed E-state index contributed by atoms with van der Waals surface area (Å²) in [7, 11) is 0. The largest absolute Gasteiger partial charge is 0.494 e. The second-order valence-corrected chi connectivity index (χ2v) is 7.68. The van der Waals surface area contributed by atoms with E-state index in [1.54, 1.807) is 30.5 Å². The predicted octanol–water partition coefficient (Wildman–Crippen LogP) is 1.90. The standard InChI is InChI=1S/C22H28N4O5S/c1-32-15-19(27)26-21(22(30)24-13-11-16-5-2-3-12-23-16)25-17-7-9-18(10-8-17)31-14-4-6-20(28)29/h2-3,5,7-10,12,21,25H,4,6,11,13-15H2,1H3,(H,24,30)(H,26,27)(H,28,29). The quantitative estimate of drug-likeness (QED) is 0.248. The smallest absolute Gasteiger partial charge is 0.303 e. The molecule has 0 fully saturated rings. The predicted molar refractivity (Wildman–Crippen MR) is 124 cm³/mol. The van der Waals surface area contributed by atoms with Gasteiger partial charge >= 0.3 is 5.97 Å². The zero-order valence-corrected chi connectivity index (χ0v) is 18.7. The molecule has 4 N–H and O–H groups in total. The molecule has 0 saturated carbocycles. The molecule has 0 spiro atoms. The van der Waals surface area contributed by atoms with Gasteiger partial charge in [0.1, 0.15) is 5.75 Å². The fourth-order valence-electron chi connectivity index (χ4n) is 2.69. The van der Waals surface area contributed by atoms with Crippen LogP contribution >= 0.6 is 11.8 Å². The molecular formula is C22H28N4O5S. The number of thioether (sulfide) groups is 1. The number of nitrogens with one attached hydrogen (secondary N) is 3. The maximum atomic E-state index is 12.7. The summed E-state index contributed by atoms with van der Waals surface area (Å²) in [5, 5.41) is 17.2. The Morgan fingerprint density at radius 1 is 1.16 bits per heavy atom. The number of aliphatic carboxylic acids is 1. The summed E-state index contributed by atoms with van der Waals surface area (Å²) in [4.78, 5) is 39.5. The van der Waals surface area contributed by atoms with E-state index in [0.29, 0.717) is 37.4 Å². The van der Waals surface area contributed by atoms with E-state index in [-0.39, 0.29) is 24.0 Å². The summed E-state index contributed by atoms with van der Waals surface area (Å²) in [6.07, 6.45) is 3.60. The van der Waals surface area contributed by atoms with Crippen LogP contribution in [0.4, 0.5) is 5.69 Å². The Morgan fingerprint density at radius 2 is 1.94 bits per heavy atom. The van der Waals surface area contributed by atoms with Crippen molar-refractivity contribution in [3.8, 4) is 5.75 Å². The first kappa shape index (κ1) is 25.0. The maximum absolute atomic E-state index is 12.7. The molecule has 0 bridgehead atoms. The summed E-state index contributed by atoms with van der Waals surface area (Å²) in [6.45, 7) is 0.681. The zero-order chi connectivity index (χ0) is 23.2. The maximum Gasteiger partial charge on any atom is 0.303 e. The average Bonchev–Trinajstić information content (AvgIpc) is 2.78. The number of carboxylic acids is 1. The molecule has 1 atom stereocenters. The van der Waals surface area contributed by atoms with Crippen molar-refractivity contribution in [3.63, 3.8) is 0 Å². The lowest BCUT2D eigenvalue weighted by Gasteiger charge is -2.21. The minimum Gasteiger partial charge on any atom is -0.494 e. The SMILES string of the molecule is CSCC(=O)NC(Nc1ccc(OCCCC(=O)O)cc1)C(=O)NCCc1ccccn1. The van der Waals surface area contributed by atoms with Crippen LogP contribution in [-0.4, -0.2) is 59.2 Å². The van der Waals surface area contributed by atoms with Crippen molar-refractivity contribution in [3.05, 3.63) is 54.4 Å². The lowest BCUT2D eigenvalue weighted by atomic mass is 10.2. The number of carboxylic acid groups (broad SMARTS) is 1. The van der Waals surface area contributed by atoms with Crippen LogP contribution in [0.5, 0.6) is 5.75 Å². The number of amides is 2. The first-order chi connectivity index (χ1) is 15.5. The molecule has 9 nitrogen and oxygen atoms in total. The van der Waals surface area contributed by atoms with Gasteiger partial charge in [-0.15, -0.1) is 0 Å². The van der Waals surface area contributed by atoms with Crippen molar-refractivity contribution in [2.45, 2.75) is 25.4 Å². The molecule has 2 amide bonds. The molecule has 1 aromatic carbocycles. The van der Waals surface area contributed by atoms with E-state index in [0.717, 1.165) is 5.69 Å². The molecular weight excluding hydrogens is 432 g/mol. The number of ether oxygens (including phenoxy) is 1. The third-order valence-electron chi connectivity index (χ3n) is 4.22. The van der Waals surface area contributed by atoms with E-state index in [4.69, 9.17) is 9.84 Å². The number of pyridine rings is 1. The van der Waals surface area contributed by atoms with Gasteiger partial charge in [0.2, 0.25) is 5.91 Å². The van der Waals surface area contributed by atoms with Gasteiger partial charge in [0.15, 0.2) is 6.17 Å². The molecule has 0 aliphatic carbocycles. The summed E-state index contributed by atoms with van der Waals surface area (Å²) >= 11 is 1.36. The number of anilines is 1. The lowest BCUT2D eigenvalue weighted by Crippen LogP contribution is -2.52. The van der Waals surface area contributed by atoms with Gasteiger partial charge in [-0.1, -0.05) is 6.07 Å². The fourth-order valence-corrected chi connectivity index (χ4v) is 3.04. The Balaban J connectivity index is 1.91. The van der Waals surface area contributed by atoms with Crippen molar-refractivity contribution in [1.29, 1.82) is 0 Å². The third-order valence-corrected chi connectivity index (χ3v) is 4.77. The average molecular weight is 461 g/mol. The molecule has 1 heterocycles. The molecule has 10 heteroatoms. The number of hydrogen-bond acceptors (Lipinski definition) is 7. The monoisotopic (exact) mass is 460 g/mol. The van der Waals surface area contributed by atoms with Gasteiger partial charge in [0.25, 0.3) is 5.91 Å². The van der Waals surface area contributed by atoms with Crippen LogP contribution in [0.25, 0.3) is 0 Å². The second kappa shape index (κ2) is 13.9. The number of aromatic nitrogens is 1. The van der Waals surface area contributed by atoms with E-state index in [1.807, 2.05) is 24.5 Å². The molecule has 32 heavy (non-hydrogen) atoms. The molecule has 0 aliphatic rings. The van der Waals surface area contributed by atoms with Crippen LogP contribution in [0.3, 0.4) is 0 Å². The topological polar surface area (TPSA) is 130 Å². The van der Waals surface area contributed by atoms with Gasteiger partial charge in [-0.3, -0.25) is 19.4 Å². The Morgan fingerprint density at radius 3 is 2.59 bits per heavy atom. The first-order valence-electron chi connectivity index (χ1n) is 10.1. The van der Waals surface area contributed by atoms with E-state index < -0.39 is 12.1 Å².